The number of carbonyl (C=O) groups is 1. The maximum Gasteiger partial charge on any atom is 0.331 e. The van der Waals surface area contributed by atoms with E-state index in [-0.39, 0.29) is 39.6 Å². The molecule has 0 bridgehead atoms. The smallest absolute Gasteiger partial charge is 0.331 e. The van der Waals surface area contributed by atoms with Crippen LogP contribution in [0.5, 0.6) is 11.5 Å². The van der Waals surface area contributed by atoms with Crippen LogP contribution in [0.15, 0.2) is 120 Å². The third-order valence-electron chi connectivity index (χ3n) is 11.2. The lowest BCUT2D eigenvalue weighted by molar-refractivity contribution is -0.139. The Balaban J connectivity index is 0.000000209. The van der Waals surface area contributed by atoms with Crippen LogP contribution in [0.4, 0.5) is 26.3 Å². The van der Waals surface area contributed by atoms with Gasteiger partial charge in [-0.25, -0.2) is 41.1 Å². The van der Waals surface area contributed by atoms with Crippen LogP contribution in [-0.4, -0.2) is 65.2 Å². The Bertz CT molecular complexity index is 3390. The fourth-order valence-electron chi connectivity index (χ4n) is 7.84. The molecule has 4 aromatic heterocycles. The summed E-state index contributed by atoms with van der Waals surface area (Å²) in [6, 6.07) is 13.1. The Hall–Kier alpha value is -7.61. The molecule has 0 aliphatic rings. The van der Waals surface area contributed by atoms with E-state index in [1.165, 1.54) is 32.5 Å². The number of aryl methyl sites for hydroxylation is 2. The van der Waals surface area contributed by atoms with Crippen molar-refractivity contribution in [3.05, 3.63) is 221 Å². The lowest BCUT2D eigenvalue weighted by atomic mass is 10.0. The number of pyridine rings is 2. The number of aliphatic carboxylic acids is 1. The normalized spacial score (nSPS) is 12.0. The summed E-state index contributed by atoms with van der Waals surface area (Å²) >= 11 is 12.4. The van der Waals surface area contributed by atoms with Gasteiger partial charge in [-0.05, 0) is 96.8 Å². The van der Waals surface area contributed by atoms with Crippen molar-refractivity contribution in [1.29, 1.82) is 0 Å². The van der Waals surface area contributed by atoms with E-state index in [2.05, 4.69) is 9.97 Å². The Kier molecular flexibility index (Phi) is 15.6. The van der Waals surface area contributed by atoms with E-state index >= 15 is 0 Å². The first kappa shape index (κ1) is 51.2. The Labute approximate surface area is 410 Å². The molecule has 2 unspecified atom stereocenters. The maximum absolute atomic E-state index is 13.8. The standard InChI is InChI=1S/C25H19ClF3N3O4.C25H21ClF3N3O3/c1-13-10-31(12-30-13)20-4-3-14(6-21(20)36-2)5-16-7-17(26)11-32(24(16)33)23(25(34)35)15-8-18(27)22(29)19(28)9-15;1-14-10-31(13-30-14)21-4-3-15(6-23(21)35-2)5-17-7-18(26)11-32(25(17)34)22(12-33)16-8-19(27)24(29)20(28)9-16/h3-4,6-12,23H,5H2,1-2H3,(H,34,35);3-4,6-11,13,22,33H,5,12H2,1-2H3. The number of imidazole rings is 2. The molecule has 21 heteroatoms. The van der Waals surface area contributed by atoms with Gasteiger partial charge in [0.05, 0.1) is 72.3 Å². The van der Waals surface area contributed by atoms with Crippen molar-refractivity contribution in [2.45, 2.75) is 38.8 Å². The number of nitrogens with zero attached hydrogens (tertiary/aromatic N) is 6. The topological polar surface area (TPSA) is 156 Å². The number of hydrogen-bond acceptors (Lipinski definition) is 8. The molecule has 8 rings (SSSR count). The van der Waals surface area contributed by atoms with Gasteiger partial charge in [-0.3, -0.25) is 14.2 Å². The molecule has 71 heavy (non-hydrogen) atoms. The third kappa shape index (κ3) is 11.2. The van der Waals surface area contributed by atoms with Gasteiger partial charge in [-0.2, -0.15) is 0 Å². The quantitative estimate of drug-likeness (QED) is 0.0801. The van der Waals surface area contributed by atoms with Crippen molar-refractivity contribution >= 4 is 29.2 Å². The average Bonchev–Trinajstić information content (AvgIpc) is 3.97. The number of methoxy groups -OCH3 is 2. The van der Waals surface area contributed by atoms with Crippen molar-refractivity contribution in [3.8, 4) is 22.9 Å². The zero-order chi connectivity index (χ0) is 51.4. The van der Waals surface area contributed by atoms with Crippen LogP contribution in [0.1, 0.15) is 56.9 Å². The van der Waals surface area contributed by atoms with E-state index in [1.807, 2.05) is 42.9 Å². The van der Waals surface area contributed by atoms with Gasteiger partial charge in [0.1, 0.15) is 11.5 Å². The number of carboxylic acid groups (broad SMARTS) is 1. The van der Waals surface area contributed by atoms with Crippen LogP contribution in [0, 0.1) is 48.8 Å². The van der Waals surface area contributed by atoms with Crippen LogP contribution in [0.25, 0.3) is 11.4 Å². The molecule has 0 fully saturated rings. The van der Waals surface area contributed by atoms with Gasteiger partial charge in [0.15, 0.2) is 40.9 Å². The summed E-state index contributed by atoms with van der Waals surface area (Å²) in [5, 5.41) is 19.9. The minimum Gasteiger partial charge on any atom is -0.495 e. The number of hydrogen-bond donors (Lipinski definition) is 2. The predicted molar refractivity (Wildman–Crippen MR) is 250 cm³/mol. The molecule has 0 radical (unpaired) electrons. The second-order valence-electron chi connectivity index (χ2n) is 16.0. The molecule has 368 valence electrons. The van der Waals surface area contributed by atoms with Gasteiger partial charge in [0.2, 0.25) is 0 Å². The first-order valence-corrected chi connectivity index (χ1v) is 21.9. The van der Waals surface area contributed by atoms with Crippen molar-refractivity contribution in [3.63, 3.8) is 0 Å². The third-order valence-corrected chi connectivity index (χ3v) is 11.6. The predicted octanol–water partition coefficient (Wildman–Crippen LogP) is 9.28. The molecule has 0 saturated carbocycles. The second-order valence-corrected chi connectivity index (χ2v) is 16.9. The van der Waals surface area contributed by atoms with Gasteiger partial charge in [-0.1, -0.05) is 35.3 Å². The van der Waals surface area contributed by atoms with E-state index < -0.39 is 76.2 Å². The Morgan fingerprint density at radius 3 is 1.41 bits per heavy atom. The highest BCUT2D eigenvalue weighted by atomic mass is 35.5. The summed E-state index contributed by atoms with van der Waals surface area (Å²) in [7, 11) is 3.03. The summed E-state index contributed by atoms with van der Waals surface area (Å²) in [5.41, 5.74) is 3.12. The zero-order valence-corrected chi connectivity index (χ0v) is 39.3. The molecule has 2 N–H and O–H groups in total. The Morgan fingerprint density at radius 1 is 0.620 bits per heavy atom. The highest BCUT2D eigenvalue weighted by Gasteiger charge is 2.28. The van der Waals surface area contributed by atoms with Crippen molar-refractivity contribution in [2.24, 2.45) is 0 Å². The van der Waals surface area contributed by atoms with E-state index in [0.717, 1.165) is 55.8 Å². The molecule has 8 aromatic rings. The number of benzene rings is 4. The van der Waals surface area contributed by atoms with Gasteiger partial charge >= 0.3 is 5.97 Å². The maximum atomic E-state index is 13.8. The fraction of sp³-hybridized carbons (Fsp3) is 0.180. The van der Waals surface area contributed by atoms with Crippen LogP contribution >= 0.6 is 23.2 Å². The molecule has 4 heterocycles. The largest absolute Gasteiger partial charge is 0.495 e. The van der Waals surface area contributed by atoms with E-state index in [4.69, 9.17) is 32.7 Å². The Morgan fingerprint density at radius 2 is 1.03 bits per heavy atom. The lowest BCUT2D eigenvalue weighted by Gasteiger charge is -2.20. The second kappa shape index (κ2) is 21.6. The number of carboxylic acids is 1. The molecular weight excluding hydrogens is 981 g/mol. The summed E-state index contributed by atoms with van der Waals surface area (Å²) < 4.78 is 98.5. The molecule has 4 aromatic carbocycles. The van der Waals surface area contributed by atoms with Crippen molar-refractivity contribution < 1.29 is 50.8 Å². The number of aromatic nitrogens is 6. The molecule has 2 atom stereocenters. The SMILES string of the molecule is COc1cc(Cc2cc(Cl)cn(C(C(=O)O)c3cc(F)c(F)c(F)c3)c2=O)ccc1-n1cnc(C)c1.COc1cc(Cc2cc(Cl)cn(C(CO)c3cc(F)c(F)c(F)c3)c2=O)ccc1-n1cnc(C)c1. The minimum atomic E-state index is -1.85. The van der Waals surface area contributed by atoms with Crippen LogP contribution < -0.4 is 20.6 Å². The van der Waals surface area contributed by atoms with Crippen LogP contribution in [0.3, 0.4) is 0 Å². The first-order chi connectivity index (χ1) is 33.8. The van der Waals surface area contributed by atoms with Gasteiger partial charge in [-0.15, -0.1) is 0 Å². The summed E-state index contributed by atoms with van der Waals surface area (Å²) in [6.07, 6.45) is 9.51. The number of rotatable bonds is 14. The van der Waals surface area contributed by atoms with Crippen molar-refractivity contribution in [2.75, 3.05) is 20.8 Å². The summed E-state index contributed by atoms with van der Waals surface area (Å²) in [4.78, 5) is 47.0. The fourth-order valence-corrected chi connectivity index (χ4v) is 8.31. The number of ether oxygens (including phenoxy) is 2. The number of aliphatic hydroxyl groups excluding tert-OH is 1. The van der Waals surface area contributed by atoms with Gasteiger partial charge < -0.3 is 33.4 Å². The molecule has 0 amide bonds. The molecule has 0 saturated heterocycles. The van der Waals surface area contributed by atoms with Crippen LogP contribution in [0.2, 0.25) is 10.0 Å². The van der Waals surface area contributed by atoms with Crippen LogP contribution in [-0.2, 0) is 17.6 Å². The van der Waals surface area contributed by atoms with Crippen molar-refractivity contribution in [1.82, 2.24) is 28.2 Å². The zero-order valence-electron chi connectivity index (χ0n) is 37.8. The molecule has 0 aliphatic carbocycles. The number of aliphatic hydroxyl groups is 1. The molecule has 0 spiro atoms. The van der Waals surface area contributed by atoms with Gasteiger partial charge in [0, 0.05) is 48.8 Å². The summed E-state index contributed by atoms with van der Waals surface area (Å²) in [5.74, 6) is -9.89. The average molecular weight is 1020 g/mol. The van der Waals surface area contributed by atoms with Gasteiger partial charge in [0.25, 0.3) is 11.1 Å². The minimum absolute atomic E-state index is 0.0244. The van der Waals surface area contributed by atoms with E-state index in [1.54, 1.807) is 41.5 Å². The molecule has 13 nitrogen and oxygen atoms in total. The first-order valence-electron chi connectivity index (χ1n) is 21.1. The summed E-state index contributed by atoms with van der Waals surface area (Å²) in [6.45, 7) is 3.05. The molecular formula is C50H40Cl2F6N6O7. The highest BCUT2D eigenvalue weighted by Crippen LogP contribution is 2.30. The highest BCUT2D eigenvalue weighted by molar-refractivity contribution is 6.30. The lowest BCUT2D eigenvalue weighted by Crippen LogP contribution is -2.32. The van der Waals surface area contributed by atoms with E-state index in [0.29, 0.717) is 29.2 Å². The molecule has 0 aliphatic heterocycles. The monoisotopic (exact) mass is 1020 g/mol. The number of halogens is 8. The van der Waals surface area contributed by atoms with E-state index in [9.17, 15) is 50.9 Å².